The van der Waals surface area contributed by atoms with E-state index in [4.69, 9.17) is 9.47 Å². The van der Waals surface area contributed by atoms with Crippen LogP contribution in [0, 0.1) is 6.92 Å². The van der Waals surface area contributed by atoms with E-state index in [1.807, 2.05) is 31.2 Å². The molecule has 0 amide bonds. The van der Waals surface area contributed by atoms with Gasteiger partial charge < -0.3 is 9.47 Å². The number of sulfonamides is 1. The highest BCUT2D eigenvalue weighted by Gasteiger charge is 2.28. The Bertz CT molecular complexity index is 900. The van der Waals surface area contributed by atoms with Crippen molar-refractivity contribution in [2.24, 2.45) is 0 Å². The van der Waals surface area contributed by atoms with Crippen molar-refractivity contribution in [2.45, 2.75) is 24.7 Å². The molecular weight excluding hydrogens is 350 g/mol. The number of hydrogen-bond donors (Lipinski definition) is 0. The minimum Gasteiger partial charge on any atom is -0.497 e. The summed E-state index contributed by atoms with van der Waals surface area (Å²) in [4.78, 5) is 0.251. The van der Waals surface area contributed by atoms with Crippen LogP contribution in [0.3, 0.4) is 0 Å². The molecular formula is C20H23NO4S. The third kappa shape index (κ3) is 3.55. The van der Waals surface area contributed by atoms with E-state index in [9.17, 15) is 8.42 Å². The molecule has 0 radical (unpaired) electrons. The van der Waals surface area contributed by atoms with Gasteiger partial charge in [0, 0.05) is 12.6 Å². The predicted molar refractivity (Wildman–Crippen MR) is 101 cm³/mol. The van der Waals surface area contributed by atoms with E-state index < -0.39 is 10.0 Å². The molecule has 0 saturated heterocycles. The zero-order chi connectivity index (χ0) is 18.7. The van der Waals surface area contributed by atoms with Gasteiger partial charge in [-0.15, -0.1) is 0 Å². The fourth-order valence-corrected chi connectivity index (χ4v) is 4.11. The maximum Gasteiger partial charge on any atom is 0.266 e. The Balaban J connectivity index is 2.02. The number of ether oxygens (including phenoxy) is 2. The standard InChI is InChI=1S/C20H23NO4S/c1-15-6-12-18(13-7-15)26(22,23)21(2)20-19(5-4-14-25-20)16-8-10-17(24-3)11-9-16/h6-13H,4-5,14H2,1-3H3. The number of hydrogen-bond acceptors (Lipinski definition) is 4. The molecule has 0 spiro atoms. The first-order valence-electron chi connectivity index (χ1n) is 8.49. The summed E-state index contributed by atoms with van der Waals surface area (Å²) < 4.78 is 38.3. The van der Waals surface area contributed by atoms with E-state index in [1.54, 1.807) is 38.4 Å². The monoisotopic (exact) mass is 373 g/mol. The first-order valence-corrected chi connectivity index (χ1v) is 9.93. The van der Waals surface area contributed by atoms with Crippen molar-refractivity contribution in [1.29, 1.82) is 0 Å². The summed E-state index contributed by atoms with van der Waals surface area (Å²) in [6.45, 7) is 2.43. The van der Waals surface area contributed by atoms with Crippen LogP contribution in [0.5, 0.6) is 5.75 Å². The van der Waals surface area contributed by atoms with Crippen molar-refractivity contribution in [2.75, 3.05) is 20.8 Å². The van der Waals surface area contributed by atoms with Gasteiger partial charge in [-0.3, -0.25) is 0 Å². The van der Waals surface area contributed by atoms with Gasteiger partial charge >= 0.3 is 0 Å². The van der Waals surface area contributed by atoms with E-state index in [1.165, 1.54) is 4.31 Å². The molecule has 0 atom stereocenters. The second kappa shape index (κ2) is 7.41. The number of allylic oxidation sites excluding steroid dienone is 1. The highest BCUT2D eigenvalue weighted by atomic mass is 32.2. The van der Waals surface area contributed by atoms with Gasteiger partial charge in [0.1, 0.15) is 5.75 Å². The van der Waals surface area contributed by atoms with E-state index in [2.05, 4.69) is 0 Å². The average Bonchev–Trinajstić information content (AvgIpc) is 2.68. The van der Waals surface area contributed by atoms with Gasteiger partial charge in [-0.05, 0) is 49.6 Å². The third-order valence-electron chi connectivity index (χ3n) is 4.47. The minimum absolute atomic E-state index is 0.251. The van der Waals surface area contributed by atoms with Crippen molar-refractivity contribution in [1.82, 2.24) is 4.31 Å². The fraction of sp³-hybridized carbons (Fsp3) is 0.300. The predicted octanol–water partition coefficient (Wildman–Crippen LogP) is 3.80. The molecule has 0 fully saturated rings. The molecule has 0 N–H and O–H groups in total. The average molecular weight is 373 g/mol. The van der Waals surface area contributed by atoms with Crippen molar-refractivity contribution < 1.29 is 17.9 Å². The van der Waals surface area contributed by atoms with Gasteiger partial charge in [0.25, 0.3) is 10.0 Å². The number of methoxy groups -OCH3 is 1. The second-order valence-corrected chi connectivity index (χ2v) is 8.22. The zero-order valence-electron chi connectivity index (χ0n) is 15.2. The van der Waals surface area contributed by atoms with Crippen LogP contribution in [0.4, 0.5) is 0 Å². The lowest BCUT2D eigenvalue weighted by molar-refractivity contribution is 0.150. The van der Waals surface area contributed by atoms with Gasteiger partial charge in [-0.25, -0.2) is 12.7 Å². The Morgan fingerprint density at radius 2 is 1.69 bits per heavy atom. The Hall–Kier alpha value is -2.47. The number of benzene rings is 2. The van der Waals surface area contributed by atoms with Gasteiger partial charge in [-0.2, -0.15) is 0 Å². The molecule has 2 aromatic carbocycles. The van der Waals surface area contributed by atoms with Gasteiger partial charge in [0.05, 0.1) is 18.6 Å². The molecule has 3 rings (SSSR count). The smallest absolute Gasteiger partial charge is 0.266 e. The molecule has 1 aliphatic heterocycles. The Labute approximate surface area is 154 Å². The Morgan fingerprint density at radius 1 is 1.04 bits per heavy atom. The molecule has 5 nitrogen and oxygen atoms in total. The Morgan fingerprint density at radius 3 is 2.31 bits per heavy atom. The van der Waals surface area contributed by atoms with Crippen LogP contribution in [-0.2, 0) is 14.8 Å². The summed E-state index contributed by atoms with van der Waals surface area (Å²) in [5.74, 6) is 1.15. The zero-order valence-corrected chi connectivity index (χ0v) is 16.0. The first-order chi connectivity index (χ1) is 12.4. The third-order valence-corrected chi connectivity index (χ3v) is 6.23. The number of aryl methyl sites for hydroxylation is 1. The summed E-state index contributed by atoms with van der Waals surface area (Å²) in [5.41, 5.74) is 2.84. The molecule has 0 aliphatic carbocycles. The van der Waals surface area contributed by atoms with E-state index in [0.29, 0.717) is 12.5 Å². The van der Waals surface area contributed by atoms with E-state index in [0.717, 1.165) is 35.3 Å². The summed E-state index contributed by atoms with van der Waals surface area (Å²) in [7, 11) is -0.526. The van der Waals surface area contributed by atoms with Crippen LogP contribution >= 0.6 is 0 Å². The molecule has 1 aliphatic rings. The van der Waals surface area contributed by atoms with Gasteiger partial charge in [0.15, 0.2) is 0 Å². The summed E-state index contributed by atoms with van der Waals surface area (Å²) in [5, 5.41) is 0. The molecule has 6 heteroatoms. The highest BCUT2D eigenvalue weighted by molar-refractivity contribution is 7.89. The summed E-state index contributed by atoms with van der Waals surface area (Å²) in [6, 6.07) is 14.4. The van der Waals surface area contributed by atoms with Crippen LogP contribution in [0.25, 0.3) is 5.57 Å². The van der Waals surface area contributed by atoms with Crippen LogP contribution in [0.2, 0.25) is 0 Å². The van der Waals surface area contributed by atoms with E-state index in [-0.39, 0.29) is 4.90 Å². The number of rotatable bonds is 5. The molecule has 1 heterocycles. The van der Waals surface area contributed by atoms with Crippen molar-refractivity contribution >= 4 is 15.6 Å². The summed E-state index contributed by atoms with van der Waals surface area (Å²) >= 11 is 0. The summed E-state index contributed by atoms with van der Waals surface area (Å²) in [6.07, 6.45) is 1.61. The maximum absolute atomic E-state index is 13.0. The van der Waals surface area contributed by atoms with Crippen LogP contribution in [-0.4, -0.2) is 33.5 Å². The van der Waals surface area contributed by atoms with Crippen LogP contribution < -0.4 is 4.74 Å². The van der Waals surface area contributed by atoms with Crippen LogP contribution in [0.1, 0.15) is 24.0 Å². The molecule has 26 heavy (non-hydrogen) atoms. The lowest BCUT2D eigenvalue weighted by Crippen LogP contribution is -2.30. The highest BCUT2D eigenvalue weighted by Crippen LogP contribution is 2.33. The van der Waals surface area contributed by atoms with E-state index >= 15 is 0 Å². The lowest BCUT2D eigenvalue weighted by atomic mass is 10.00. The second-order valence-electron chi connectivity index (χ2n) is 6.25. The minimum atomic E-state index is -3.68. The molecule has 0 bridgehead atoms. The normalized spacial score (nSPS) is 14.7. The number of nitrogens with zero attached hydrogens (tertiary/aromatic N) is 1. The maximum atomic E-state index is 13.0. The molecule has 0 saturated carbocycles. The van der Waals surface area contributed by atoms with Crippen LogP contribution in [0.15, 0.2) is 59.3 Å². The molecule has 0 aromatic heterocycles. The van der Waals surface area contributed by atoms with Crippen molar-refractivity contribution in [3.05, 3.63) is 65.5 Å². The molecule has 0 unspecified atom stereocenters. The van der Waals surface area contributed by atoms with Crippen molar-refractivity contribution in [3.8, 4) is 5.75 Å². The SMILES string of the molecule is COc1ccc(C2=C(N(C)S(=O)(=O)c3ccc(C)cc3)OCCC2)cc1. The molecule has 138 valence electrons. The largest absolute Gasteiger partial charge is 0.497 e. The van der Waals surface area contributed by atoms with Gasteiger partial charge in [0.2, 0.25) is 5.88 Å². The quantitative estimate of drug-likeness (QED) is 0.800. The first kappa shape index (κ1) is 18.3. The molecule has 2 aromatic rings. The topological polar surface area (TPSA) is 55.8 Å². The Kier molecular flexibility index (Phi) is 5.23. The lowest BCUT2D eigenvalue weighted by Gasteiger charge is -2.28. The fourth-order valence-electron chi connectivity index (χ4n) is 2.93. The van der Waals surface area contributed by atoms with Gasteiger partial charge in [-0.1, -0.05) is 29.8 Å². The van der Waals surface area contributed by atoms with Crippen molar-refractivity contribution in [3.63, 3.8) is 0 Å².